The summed E-state index contributed by atoms with van der Waals surface area (Å²) in [7, 11) is 1.78. The number of ether oxygens (including phenoxy) is 1. The molecule has 3 aromatic rings. The predicted molar refractivity (Wildman–Crippen MR) is 110 cm³/mol. The molecule has 164 valence electrons. The van der Waals surface area contributed by atoms with Crippen LogP contribution in [-0.4, -0.2) is 50.3 Å². The number of aromatic nitrogens is 4. The first kappa shape index (κ1) is 21.1. The lowest BCUT2D eigenvalue weighted by Gasteiger charge is -2.21. The molecule has 0 amide bonds. The number of alkyl halides is 3. The van der Waals surface area contributed by atoms with E-state index in [0.717, 1.165) is 22.5 Å². The monoisotopic (exact) mass is 432 g/mol. The molecule has 0 saturated carbocycles. The number of nitrogens with one attached hydrogen (secondary N) is 1. The molecular weight excluding hydrogens is 409 g/mol. The van der Waals surface area contributed by atoms with Crippen molar-refractivity contribution in [3.8, 4) is 11.6 Å². The fourth-order valence-corrected chi connectivity index (χ4v) is 3.57. The molecule has 1 N–H and O–H groups in total. The average molecular weight is 432 g/mol. The van der Waals surface area contributed by atoms with Crippen LogP contribution in [0.15, 0.2) is 36.9 Å². The number of anilines is 2. The van der Waals surface area contributed by atoms with Gasteiger partial charge < -0.3 is 14.6 Å². The number of pyridine rings is 2. The molecule has 0 spiro atoms. The minimum Gasteiger partial charge on any atom is -0.472 e. The van der Waals surface area contributed by atoms with Crippen LogP contribution in [0, 0.1) is 13.8 Å². The minimum atomic E-state index is -4.31. The molecule has 1 aliphatic rings. The topological polar surface area (TPSA) is 68.1 Å². The van der Waals surface area contributed by atoms with Gasteiger partial charge in [-0.2, -0.15) is 18.2 Å². The van der Waals surface area contributed by atoms with Gasteiger partial charge in [-0.25, -0.2) is 9.97 Å². The van der Waals surface area contributed by atoms with E-state index in [1.165, 1.54) is 0 Å². The highest BCUT2D eigenvalue weighted by Gasteiger charge is 2.35. The Morgan fingerprint density at radius 3 is 2.65 bits per heavy atom. The van der Waals surface area contributed by atoms with Crippen molar-refractivity contribution in [2.75, 3.05) is 18.9 Å². The van der Waals surface area contributed by atoms with Crippen LogP contribution in [0.5, 0.6) is 5.88 Å². The minimum absolute atomic E-state index is 0.175. The number of halogens is 3. The molecule has 1 unspecified atom stereocenters. The maximum absolute atomic E-state index is 12.9. The summed E-state index contributed by atoms with van der Waals surface area (Å²) in [4.78, 5) is 14.9. The van der Waals surface area contributed by atoms with Crippen molar-refractivity contribution in [3.63, 3.8) is 0 Å². The zero-order valence-corrected chi connectivity index (χ0v) is 17.4. The van der Waals surface area contributed by atoms with Crippen molar-refractivity contribution < 1.29 is 17.9 Å². The van der Waals surface area contributed by atoms with E-state index in [9.17, 15) is 13.2 Å². The molecular formula is C21H23F3N6O. The van der Waals surface area contributed by atoms with Gasteiger partial charge in [-0.3, -0.25) is 4.90 Å². The number of aryl methyl sites for hydroxylation is 2. The number of likely N-dealkylation sites (N-methyl/N-ethyl adjacent to an activating group) is 1. The largest absolute Gasteiger partial charge is 0.472 e. The fraction of sp³-hybridized carbons (Fsp3) is 0.381. The zero-order valence-electron chi connectivity index (χ0n) is 17.4. The first-order valence-electron chi connectivity index (χ1n) is 9.83. The van der Waals surface area contributed by atoms with E-state index < -0.39 is 18.7 Å². The smallest absolute Gasteiger partial charge is 0.392 e. The molecule has 0 saturated heterocycles. The third kappa shape index (κ3) is 5.13. The van der Waals surface area contributed by atoms with E-state index in [1.54, 1.807) is 25.6 Å². The Labute approximate surface area is 177 Å². The van der Waals surface area contributed by atoms with E-state index >= 15 is 0 Å². The molecule has 7 nitrogen and oxygen atoms in total. The first-order valence-corrected chi connectivity index (χ1v) is 9.83. The van der Waals surface area contributed by atoms with Gasteiger partial charge in [0.25, 0.3) is 0 Å². The summed E-state index contributed by atoms with van der Waals surface area (Å²) in [6.07, 6.45) is -1.03. The van der Waals surface area contributed by atoms with Gasteiger partial charge in [-0.1, -0.05) is 0 Å². The van der Waals surface area contributed by atoms with Crippen LogP contribution in [0.25, 0.3) is 5.69 Å². The van der Waals surface area contributed by atoms with E-state index in [2.05, 4.69) is 20.3 Å². The average Bonchev–Trinajstić information content (AvgIpc) is 3.03. The van der Waals surface area contributed by atoms with Crippen LogP contribution < -0.4 is 10.1 Å². The lowest BCUT2D eigenvalue weighted by Crippen LogP contribution is -2.34. The van der Waals surface area contributed by atoms with Gasteiger partial charge in [-0.05, 0) is 44.7 Å². The van der Waals surface area contributed by atoms with Gasteiger partial charge in [0, 0.05) is 24.8 Å². The van der Waals surface area contributed by atoms with Crippen LogP contribution in [0.2, 0.25) is 0 Å². The highest BCUT2D eigenvalue weighted by molar-refractivity contribution is 5.56. The summed E-state index contributed by atoms with van der Waals surface area (Å²) in [5.74, 6) is 1.25. The summed E-state index contributed by atoms with van der Waals surface area (Å²) in [6, 6.07) is 5.53. The molecule has 31 heavy (non-hydrogen) atoms. The van der Waals surface area contributed by atoms with Crippen LogP contribution in [-0.2, 0) is 6.54 Å². The van der Waals surface area contributed by atoms with Crippen molar-refractivity contribution in [2.45, 2.75) is 39.1 Å². The van der Waals surface area contributed by atoms with E-state index in [0.29, 0.717) is 18.2 Å². The van der Waals surface area contributed by atoms with Crippen molar-refractivity contribution in [3.05, 3.63) is 53.7 Å². The Morgan fingerprint density at radius 1 is 1.19 bits per heavy atom. The highest BCUT2D eigenvalue weighted by Crippen LogP contribution is 2.32. The van der Waals surface area contributed by atoms with Gasteiger partial charge >= 0.3 is 6.18 Å². The summed E-state index contributed by atoms with van der Waals surface area (Å²) in [5, 5.41) is 3.11. The zero-order chi connectivity index (χ0) is 22.2. The second-order valence-corrected chi connectivity index (χ2v) is 7.81. The maximum atomic E-state index is 12.9. The quantitative estimate of drug-likeness (QED) is 0.668. The van der Waals surface area contributed by atoms with Gasteiger partial charge in [0.2, 0.25) is 5.88 Å². The molecule has 4 rings (SSSR count). The van der Waals surface area contributed by atoms with Crippen molar-refractivity contribution in [1.29, 1.82) is 0 Å². The Hall–Kier alpha value is -3.14. The Bertz CT molecular complexity index is 1060. The SMILES string of the molecule is Cc1cn(-c2ccc(Nc3cc(C)c4c(n3)OC(CC(F)(F)F)CN(C)C4)nc2)cn1. The lowest BCUT2D eigenvalue weighted by molar-refractivity contribution is -0.151. The fourth-order valence-electron chi connectivity index (χ4n) is 3.57. The van der Waals surface area contributed by atoms with Crippen LogP contribution in [0.4, 0.5) is 24.8 Å². The molecule has 0 aliphatic carbocycles. The number of rotatable bonds is 4. The maximum Gasteiger partial charge on any atom is 0.392 e. The molecule has 0 bridgehead atoms. The number of imidazole rings is 1. The summed E-state index contributed by atoms with van der Waals surface area (Å²) < 4.78 is 46.4. The normalized spacial score (nSPS) is 17.0. The molecule has 0 fully saturated rings. The summed E-state index contributed by atoms with van der Waals surface area (Å²) in [6.45, 7) is 4.45. The number of nitrogens with zero attached hydrogens (tertiary/aromatic N) is 5. The number of hydrogen-bond donors (Lipinski definition) is 1. The second kappa shape index (κ2) is 8.18. The predicted octanol–water partition coefficient (Wildman–Crippen LogP) is 4.17. The highest BCUT2D eigenvalue weighted by atomic mass is 19.4. The molecule has 0 aromatic carbocycles. The van der Waals surface area contributed by atoms with Crippen molar-refractivity contribution in [1.82, 2.24) is 24.4 Å². The van der Waals surface area contributed by atoms with Crippen LogP contribution >= 0.6 is 0 Å². The van der Waals surface area contributed by atoms with Gasteiger partial charge in [0.05, 0.1) is 30.3 Å². The molecule has 1 aliphatic heterocycles. The van der Waals surface area contributed by atoms with E-state index in [4.69, 9.17) is 4.74 Å². The van der Waals surface area contributed by atoms with Crippen molar-refractivity contribution >= 4 is 11.6 Å². The molecule has 1 atom stereocenters. The number of fused-ring (bicyclic) bond motifs is 1. The Morgan fingerprint density at radius 2 is 2.00 bits per heavy atom. The first-order chi connectivity index (χ1) is 14.7. The Kier molecular flexibility index (Phi) is 5.57. The van der Waals surface area contributed by atoms with Gasteiger partial charge in [-0.15, -0.1) is 0 Å². The molecule has 0 radical (unpaired) electrons. The third-order valence-electron chi connectivity index (χ3n) is 5.00. The van der Waals surface area contributed by atoms with Crippen LogP contribution in [0.1, 0.15) is 23.2 Å². The van der Waals surface area contributed by atoms with E-state index in [1.807, 2.05) is 41.6 Å². The lowest BCUT2D eigenvalue weighted by atomic mass is 10.1. The Balaban J connectivity index is 1.56. The molecule has 3 aromatic heterocycles. The summed E-state index contributed by atoms with van der Waals surface area (Å²) >= 11 is 0. The van der Waals surface area contributed by atoms with Crippen molar-refractivity contribution in [2.24, 2.45) is 0 Å². The van der Waals surface area contributed by atoms with Crippen LogP contribution in [0.3, 0.4) is 0 Å². The standard InChI is InChI=1S/C21H23F3N6O/c1-13-6-19(27-18-5-4-15(8-25-18)30-9-14(2)26-12-30)28-20-17(13)11-29(3)10-16(31-20)7-21(22,23)24/h4-6,8-9,12,16H,7,10-11H2,1-3H3,(H,25,27,28). The van der Waals surface area contributed by atoms with Gasteiger partial charge in [0.15, 0.2) is 0 Å². The summed E-state index contributed by atoms with van der Waals surface area (Å²) in [5.41, 5.74) is 3.44. The third-order valence-corrected chi connectivity index (χ3v) is 5.00. The second-order valence-electron chi connectivity index (χ2n) is 7.81. The van der Waals surface area contributed by atoms with E-state index in [-0.39, 0.29) is 12.4 Å². The number of hydrogen-bond acceptors (Lipinski definition) is 6. The molecule has 4 heterocycles. The van der Waals surface area contributed by atoms with Gasteiger partial charge in [0.1, 0.15) is 17.7 Å². The molecule has 10 heteroatoms.